The summed E-state index contributed by atoms with van der Waals surface area (Å²) in [4.78, 5) is 37.6. The third-order valence-corrected chi connectivity index (χ3v) is 5.99. The maximum absolute atomic E-state index is 13.1. The molecule has 180 valence electrons. The zero-order valence-corrected chi connectivity index (χ0v) is 20.5. The second-order valence-electron chi connectivity index (χ2n) is 7.79. The van der Waals surface area contributed by atoms with E-state index >= 15 is 0 Å². The monoisotopic (exact) mass is 544 g/mol. The molecule has 0 heterocycles. The van der Waals surface area contributed by atoms with Gasteiger partial charge in [0.2, 0.25) is 0 Å². The molecule has 0 saturated carbocycles. The van der Waals surface area contributed by atoms with Crippen LogP contribution < -0.4 is 15.4 Å². The minimum atomic E-state index is -0.649. The summed E-state index contributed by atoms with van der Waals surface area (Å²) in [6.07, 6.45) is 1.05. The van der Waals surface area contributed by atoms with Crippen molar-refractivity contribution < 1.29 is 24.2 Å². The van der Waals surface area contributed by atoms with Gasteiger partial charge in [-0.2, -0.15) is 0 Å². The Bertz CT molecular complexity index is 1500. The minimum absolute atomic E-state index is 0.119. The van der Waals surface area contributed by atoms with E-state index in [2.05, 4.69) is 33.1 Å². The standard InChI is InChI=1S/C28H21BrN2O5/c1-2-25(33)36-26-21-9-4-3-7-18(21)11-13-24(26)31-28(35)22-12-10-19(15-23(22)29)27(34)30-16-17-6-5-8-20(32)14-17/h2-15,32H,1,16H2,(H,30,34)(H,31,35). The predicted molar refractivity (Wildman–Crippen MR) is 141 cm³/mol. The van der Waals surface area contributed by atoms with Gasteiger partial charge in [-0.05, 0) is 63.3 Å². The number of esters is 1. The fourth-order valence-electron chi connectivity index (χ4n) is 3.57. The van der Waals surface area contributed by atoms with E-state index < -0.39 is 11.9 Å². The average molecular weight is 545 g/mol. The highest BCUT2D eigenvalue weighted by Crippen LogP contribution is 2.35. The highest BCUT2D eigenvalue weighted by molar-refractivity contribution is 9.10. The van der Waals surface area contributed by atoms with Crippen molar-refractivity contribution in [2.24, 2.45) is 0 Å². The van der Waals surface area contributed by atoms with Crippen LogP contribution in [0.25, 0.3) is 10.8 Å². The molecule has 36 heavy (non-hydrogen) atoms. The molecule has 3 N–H and O–H groups in total. The van der Waals surface area contributed by atoms with Crippen LogP contribution in [0.15, 0.2) is 96.0 Å². The molecule has 0 bridgehead atoms. The lowest BCUT2D eigenvalue weighted by Gasteiger charge is -2.14. The van der Waals surface area contributed by atoms with Gasteiger partial charge in [0.15, 0.2) is 5.75 Å². The average Bonchev–Trinajstić information content (AvgIpc) is 2.88. The van der Waals surface area contributed by atoms with Crippen molar-refractivity contribution >= 4 is 50.2 Å². The first kappa shape index (κ1) is 24.7. The molecular weight excluding hydrogens is 524 g/mol. The van der Waals surface area contributed by atoms with Crippen molar-refractivity contribution in [3.8, 4) is 11.5 Å². The Morgan fingerprint density at radius 1 is 0.944 bits per heavy atom. The fraction of sp³-hybridized carbons (Fsp3) is 0.0357. The molecule has 2 amide bonds. The molecule has 0 aliphatic rings. The first-order valence-electron chi connectivity index (χ1n) is 10.9. The van der Waals surface area contributed by atoms with Crippen LogP contribution in [0, 0.1) is 0 Å². The number of anilines is 1. The van der Waals surface area contributed by atoms with Gasteiger partial charge in [0.25, 0.3) is 11.8 Å². The van der Waals surface area contributed by atoms with E-state index in [1.54, 1.807) is 48.5 Å². The van der Waals surface area contributed by atoms with E-state index in [-0.39, 0.29) is 29.5 Å². The zero-order chi connectivity index (χ0) is 25.7. The summed E-state index contributed by atoms with van der Waals surface area (Å²) in [5.74, 6) is -1.11. The second kappa shape index (κ2) is 10.9. The van der Waals surface area contributed by atoms with Crippen LogP contribution in [0.3, 0.4) is 0 Å². The third-order valence-electron chi connectivity index (χ3n) is 5.34. The van der Waals surface area contributed by atoms with Crippen LogP contribution in [0.5, 0.6) is 11.5 Å². The van der Waals surface area contributed by atoms with Gasteiger partial charge in [0.1, 0.15) is 5.75 Å². The molecule has 0 unspecified atom stereocenters. The number of hydrogen-bond acceptors (Lipinski definition) is 5. The molecule has 0 atom stereocenters. The van der Waals surface area contributed by atoms with Gasteiger partial charge in [-0.1, -0.05) is 49.0 Å². The number of carbonyl (C=O) groups is 3. The number of amides is 2. The summed E-state index contributed by atoms with van der Waals surface area (Å²) in [6.45, 7) is 3.67. The number of halogens is 1. The van der Waals surface area contributed by atoms with Gasteiger partial charge in [-0.3, -0.25) is 9.59 Å². The predicted octanol–water partition coefficient (Wildman–Crippen LogP) is 5.58. The molecule has 7 nitrogen and oxygen atoms in total. The molecule has 0 aliphatic heterocycles. The molecule has 4 aromatic rings. The number of hydrogen-bond donors (Lipinski definition) is 3. The number of ether oxygens (including phenoxy) is 1. The molecule has 0 fully saturated rings. The Labute approximate surface area is 215 Å². The molecular formula is C28H21BrN2O5. The Morgan fingerprint density at radius 2 is 1.75 bits per heavy atom. The van der Waals surface area contributed by atoms with Crippen molar-refractivity contribution in [3.05, 3.63) is 113 Å². The van der Waals surface area contributed by atoms with E-state index in [0.29, 0.717) is 21.1 Å². The van der Waals surface area contributed by atoms with Gasteiger partial charge < -0.3 is 20.5 Å². The van der Waals surface area contributed by atoms with Crippen LogP contribution in [0.1, 0.15) is 26.3 Å². The van der Waals surface area contributed by atoms with Gasteiger partial charge in [-0.15, -0.1) is 0 Å². The summed E-state index contributed by atoms with van der Waals surface area (Å²) in [6, 6.07) is 22.0. The Morgan fingerprint density at radius 3 is 2.50 bits per heavy atom. The molecule has 0 aliphatic carbocycles. The topological polar surface area (TPSA) is 105 Å². The summed E-state index contributed by atoms with van der Waals surface area (Å²) < 4.78 is 5.86. The Hall–Kier alpha value is -4.43. The maximum atomic E-state index is 13.1. The van der Waals surface area contributed by atoms with E-state index in [4.69, 9.17) is 4.74 Å². The Kier molecular flexibility index (Phi) is 7.46. The molecule has 4 aromatic carbocycles. The summed E-state index contributed by atoms with van der Waals surface area (Å²) >= 11 is 3.37. The molecule has 8 heteroatoms. The Balaban J connectivity index is 1.53. The number of phenolic OH excluding ortho intramolecular Hbond substituents is 1. The summed E-state index contributed by atoms with van der Waals surface area (Å²) in [5, 5.41) is 16.6. The first-order valence-corrected chi connectivity index (χ1v) is 11.7. The van der Waals surface area contributed by atoms with Crippen LogP contribution >= 0.6 is 15.9 Å². The van der Waals surface area contributed by atoms with E-state index in [9.17, 15) is 19.5 Å². The SMILES string of the molecule is C=CC(=O)Oc1c(NC(=O)c2ccc(C(=O)NCc3cccc(O)c3)cc2Br)ccc2ccccc12. The van der Waals surface area contributed by atoms with Crippen LogP contribution in [-0.2, 0) is 11.3 Å². The number of carbonyl (C=O) groups excluding carboxylic acids is 3. The molecule has 4 rings (SSSR count). The van der Waals surface area contributed by atoms with E-state index in [1.807, 2.05) is 18.2 Å². The number of nitrogens with one attached hydrogen (secondary N) is 2. The lowest BCUT2D eigenvalue weighted by molar-refractivity contribution is -0.128. The molecule has 0 saturated heterocycles. The lowest BCUT2D eigenvalue weighted by atomic mass is 10.1. The van der Waals surface area contributed by atoms with E-state index in [1.165, 1.54) is 12.1 Å². The number of fused-ring (bicyclic) bond motifs is 1. The third kappa shape index (κ3) is 5.61. The molecule has 0 aromatic heterocycles. The van der Waals surface area contributed by atoms with Crippen molar-refractivity contribution in [1.29, 1.82) is 0 Å². The smallest absolute Gasteiger partial charge is 0.335 e. The normalized spacial score (nSPS) is 10.5. The van der Waals surface area contributed by atoms with Gasteiger partial charge >= 0.3 is 5.97 Å². The first-order chi connectivity index (χ1) is 17.4. The quantitative estimate of drug-likeness (QED) is 0.160. The highest BCUT2D eigenvalue weighted by atomic mass is 79.9. The van der Waals surface area contributed by atoms with Crippen molar-refractivity contribution in [3.63, 3.8) is 0 Å². The van der Waals surface area contributed by atoms with E-state index in [0.717, 1.165) is 17.0 Å². The molecule has 0 spiro atoms. The zero-order valence-electron chi connectivity index (χ0n) is 19.0. The van der Waals surface area contributed by atoms with Crippen LogP contribution in [0.2, 0.25) is 0 Å². The second-order valence-corrected chi connectivity index (χ2v) is 8.64. The summed E-state index contributed by atoms with van der Waals surface area (Å²) in [5.41, 5.74) is 1.70. The minimum Gasteiger partial charge on any atom is -0.508 e. The number of rotatable bonds is 7. The number of aromatic hydroxyl groups is 1. The number of benzene rings is 4. The summed E-state index contributed by atoms with van der Waals surface area (Å²) in [7, 11) is 0. The van der Waals surface area contributed by atoms with Crippen molar-refractivity contribution in [2.75, 3.05) is 5.32 Å². The fourth-order valence-corrected chi connectivity index (χ4v) is 4.13. The van der Waals surface area contributed by atoms with Gasteiger partial charge in [-0.25, -0.2) is 4.79 Å². The largest absolute Gasteiger partial charge is 0.508 e. The maximum Gasteiger partial charge on any atom is 0.335 e. The lowest BCUT2D eigenvalue weighted by Crippen LogP contribution is -2.23. The van der Waals surface area contributed by atoms with Crippen LogP contribution in [0.4, 0.5) is 5.69 Å². The number of phenols is 1. The van der Waals surface area contributed by atoms with Crippen molar-refractivity contribution in [2.45, 2.75) is 6.54 Å². The highest BCUT2D eigenvalue weighted by Gasteiger charge is 2.18. The van der Waals surface area contributed by atoms with Gasteiger partial charge in [0.05, 0.1) is 11.3 Å². The van der Waals surface area contributed by atoms with Crippen LogP contribution in [-0.4, -0.2) is 22.9 Å². The van der Waals surface area contributed by atoms with Gasteiger partial charge in [0, 0.05) is 28.0 Å². The van der Waals surface area contributed by atoms with Crippen molar-refractivity contribution in [1.82, 2.24) is 5.32 Å². The molecule has 0 radical (unpaired) electrons.